The van der Waals surface area contributed by atoms with E-state index >= 15 is 0 Å². The Bertz CT molecular complexity index is 1330. The van der Waals surface area contributed by atoms with Gasteiger partial charge in [0, 0.05) is 36.1 Å². The summed E-state index contributed by atoms with van der Waals surface area (Å²) in [5.41, 5.74) is 3.06. The molecule has 0 bridgehead atoms. The highest BCUT2D eigenvalue weighted by molar-refractivity contribution is 5.73. The molecule has 5 heterocycles. The molecule has 0 amide bonds. The van der Waals surface area contributed by atoms with E-state index in [4.69, 9.17) is 9.72 Å². The highest BCUT2D eigenvalue weighted by Gasteiger charge is 2.25. The third-order valence-electron chi connectivity index (χ3n) is 6.08. The molecule has 10 heteroatoms. The van der Waals surface area contributed by atoms with Gasteiger partial charge in [-0.15, -0.1) is 0 Å². The second kappa shape index (κ2) is 9.27. The van der Waals surface area contributed by atoms with Crippen molar-refractivity contribution in [3.8, 4) is 28.3 Å². The lowest BCUT2D eigenvalue weighted by Crippen LogP contribution is -2.45. The number of hydrogen-bond acceptors (Lipinski definition) is 7. The van der Waals surface area contributed by atoms with E-state index in [0.29, 0.717) is 36.7 Å². The Labute approximate surface area is 203 Å². The number of methoxy groups -OCH3 is 1. The number of alkyl halides is 1. The van der Waals surface area contributed by atoms with Crippen LogP contribution in [0.15, 0.2) is 49.1 Å². The molecular weight excluding hydrogens is 449 g/mol. The van der Waals surface area contributed by atoms with Gasteiger partial charge in [0.25, 0.3) is 0 Å². The lowest BCUT2D eigenvalue weighted by molar-refractivity contribution is 0.0577. The largest absolute Gasteiger partial charge is 0.496 e. The summed E-state index contributed by atoms with van der Waals surface area (Å²) in [5, 5.41) is 20.8. The summed E-state index contributed by atoms with van der Waals surface area (Å²) in [6.07, 6.45) is 7.10. The van der Waals surface area contributed by atoms with E-state index in [1.165, 1.54) is 0 Å². The molecule has 0 radical (unpaired) electrons. The first-order valence-corrected chi connectivity index (χ1v) is 11.7. The first-order valence-electron chi connectivity index (χ1n) is 11.7. The van der Waals surface area contributed by atoms with Crippen LogP contribution in [0.25, 0.3) is 28.2 Å². The quantitative estimate of drug-likeness (QED) is 0.374. The van der Waals surface area contributed by atoms with Crippen LogP contribution in [0, 0.1) is 0 Å². The minimum atomic E-state index is -0.961. The number of rotatable bonds is 7. The topological polar surface area (TPSA) is 102 Å². The number of anilines is 1. The third kappa shape index (κ3) is 4.98. The minimum absolute atomic E-state index is 0.266. The van der Waals surface area contributed by atoms with Gasteiger partial charge in [-0.05, 0) is 38.9 Å². The Kier molecular flexibility index (Phi) is 6.16. The van der Waals surface area contributed by atoms with Crippen molar-refractivity contribution in [1.82, 2.24) is 29.5 Å². The average Bonchev–Trinajstić information content (AvgIpc) is 3.45. The molecule has 2 atom stereocenters. The van der Waals surface area contributed by atoms with Crippen LogP contribution in [-0.4, -0.2) is 67.3 Å². The summed E-state index contributed by atoms with van der Waals surface area (Å²) < 4.78 is 23.6. The zero-order chi connectivity index (χ0) is 24.6. The number of fused-ring (bicyclic) bond motifs is 1. The highest BCUT2D eigenvalue weighted by atomic mass is 19.1. The summed E-state index contributed by atoms with van der Waals surface area (Å²) in [5.74, 6) is 1.30. The van der Waals surface area contributed by atoms with Crippen molar-refractivity contribution in [1.29, 1.82) is 0 Å². The Balaban J connectivity index is 1.49. The maximum absolute atomic E-state index is 14.3. The number of aromatic nitrogens is 5. The fourth-order valence-corrected chi connectivity index (χ4v) is 4.40. The molecule has 35 heavy (non-hydrogen) atoms. The first kappa shape index (κ1) is 23.3. The molecule has 1 aliphatic rings. The Morgan fingerprint density at radius 1 is 1.29 bits per heavy atom. The number of piperidine rings is 1. The second-order valence-electron chi connectivity index (χ2n) is 9.53. The van der Waals surface area contributed by atoms with Gasteiger partial charge in [-0.3, -0.25) is 9.08 Å². The summed E-state index contributed by atoms with van der Waals surface area (Å²) in [6.45, 7) is 4.99. The second-order valence-corrected chi connectivity index (χ2v) is 9.53. The molecular formula is C25H30FN7O2. The SMILES string of the molecule is COc1cc2ncc(-c3cccc(N[C@H]4CCNC[C@@H]4F)n3)n2cc1-c1cnn(CC(C)(C)O)c1. The van der Waals surface area contributed by atoms with E-state index < -0.39 is 11.8 Å². The number of aliphatic hydroxyl groups is 1. The summed E-state index contributed by atoms with van der Waals surface area (Å²) >= 11 is 0. The van der Waals surface area contributed by atoms with Gasteiger partial charge < -0.3 is 20.5 Å². The monoisotopic (exact) mass is 479 g/mol. The Morgan fingerprint density at radius 3 is 2.91 bits per heavy atom. The van der Waals surface area contributed by atoms with Crippen LogP contribution in [0.4, 0.5) is 10.2 Å². The zero-order valence-corrected chi connectivity index (χ0v) is 20.1. The zero-order valence-electron chi connectivity index (χ0n) is 20.1. The summed E-state index contributed by atoms with van der Waals surface area (Å²) in [7, 11) is 1.62. The smallest absolute Gasteiger partial charge is 0.140 e. The molecule has 5 rings (SSSR count). The Morgan fingerprint density at radius 2 is 2.14 bits per heavy atom. The van der Waals surface area contributed by atoms with Crippen LogP contribution in [0.3, 0.4) is 0 Å². The van der Waals surface area contributed by atoms with E-state index in [9.17, 15) is 9.50 Å². The molecule has 0 saturated carbocycles. The lowest BCUT2D eigenvalue weighted by Gasteiger charge is -2.27. The van der Waals surface area contributed by atoms with Crippen LogP contribution >= 0.6 is 0 Å². The number of hydrogen-bond donors (Lipinski definition) is 3. The van der Waals surface area contributed by atoms with Crippen LogP contribution < -0.4 is 15.4 Å². The van der Waals surface area contributed by atoms with Crippen molar-refractivity contribution in [2.45, 2.75) is 44.6 Å². The van der Waals surface area contributed by atoms with Gasteiger partial charge >= 0.3 is 0 Å². The van der Waals surface area contributed by atoms with Gasteiger partial charge in [-0.25, -0.2) is 14.4 Å². The molecule has 1 saturated heterocycles. The normalized spacial score (nSPS) is 18.7. The molecule has 3 N–H and O–H groups in total. The molecule has 4 aromatic rings. The molecule has 0 aromatic carbocycles. The van der Waals surface area contributed by atoms with Crippen molar-refractivity contribution >= 4 is 11.5 Å². The average molecular weight is 480 g/mol. The van der Waals surface area contributed by atoms with Gasteiger partial charge in [0.05, 0.1) is 49.1 Å². The van der Waals surface area contributed by atoms with Crippen molar-refractivity contribution in [2.75, 3.05) is 25.5 Å². The maximum Gasteiger partial charge on any atom is 0.140 e. The van der Waals surface area contributed by atoms with Crippen molar-refractivity contribution in [3.05, 3.63) is 49.1 Å². The van der Waals surface area contributed by atoms with E-state index in [1.54, 1.807) is 38.0 Å². The van der Waals surface area contributed by atoms with Gasteiger partial charge in [-0.2, -0.15) is 5.10 Å². The standard InChI is InChI=1S/C25H30FN7O2/c1-25(2,34)15-32-13-16(10-29-32)17-14-33-21(12-28-24(33)9-22(17)35-3)20-5-4-6-23(31-20)30-19-7-8-27-11-18(19)26/h4-6,9-10,12-14,18-19,27,34H,7-8,11,15H2,1-3H3,(H,30,31)/t18-,19-/m0/s1. The molecule has 0 spiro atoms. The molecule has 0 aliphatic carbocycles. The van der Waals surface area contributed by atoms with Gasteiger partial charge in [0.2, 0.25) is 0 Å². The number of imidazole rings is 1. The summed E-state index contributed by atoms with van der Waals surface area (Å²) in [4.78, 5) is 9.30. The lowest BCUT2D eigenvalue weighted by atomic mass is 10.1. The molecule has 1 aliphatic heterocycles. The molecule has 1 fully saturated rings. The van der Waals surface area contributed by atoms with Gasteiger partial charge in [-0.1, -0.05) is 6.07 Å². The molecule has 184 valence electrons. The summed E-state index contributed by atoms with van der Waals surface area (Å²) in [6, 6.07) is 7.28. The van der Waals surface area contributed by atoms with E-state index in [-0.39, 0.29) is 6.04 Å². The van der Waals surface area contributed by atoms with Gasteiger partial charge in [0.15, 0.2) is 0 Å². The van der Waals surface area contributed by atoms with Crippen molar-refractivity contribution in [2.24, 2.45) is 0 Å². The van der Waals surface area contributed by atoms with E-state index in [0.717, 1.165) is 29.1 Å². The molecule has 4 aromatic heterocycles. The van der Waals surface area contributed by atoms with E-state index in [1.807, 2.05) is 41.1 Å². The number of pyridine rings is 2. The molecule has 0 unspecified atom stereocenters. The predicted octanol–water partition coefficient (Wildman–Crippen LogP) is 3.15. The number of nitrogens with zero attached hydrogens (tertiary/aromatic N) is 5. The predicted molar refractivity (Wildman–Crippen MR) is 132 cm³/mol. The number of ether oxygens (including phenoxy) is 1. The van der Waals surface area contributed by atoms with Crippen LogP contribution in [0.5, 0.6) is 5.75 Å². The highest BCUT2D eigenvalue weighted by Crippen LogP contribution is 2.33. The third-order valence-corrected chi connectivity index (χ3v) is 6.08. The first-order chi connectivity index (χ1) is 16.8. The minimum Gasteiger partial charge on any atom is -0.496 e. The fourth-order valence-electron chi connectivity index (χ4n) is 4.40. The van der Waals surface area contributed by atoms with Gasteiger partial charge in [0.1, 0.15) is 23.4 Å². The van der Waals surface area contributed by atoms with E-state index in [2.05, 4.69) is 20.7 Å². The molecule has 9 nitrogen and oxygen atoms in total. The number of halogens is 1. The van der Waals surface area contributed by atoms with Crippen molar-refractivity contribution in [3.63, 3.8) is 0 Å². The number of nitrogens with one attached hydrogen (secondary N) is 2. The van der Waals surface area contributed by atoms with Crippen LogP contribution in [0.1, 0.15) is 20.3 Å². The van der Waals surface area contributed by atoms with Crippen LogP contribution in [0.2, 0.25) is 0 Å². The maximum atomic E-state index is 14.3. The van der Waals surface area contributed by atoms with Crippen molar-refractivity contribution < 1.29 is 14.2 Å². The Hall–Kier alpha value is -3.50. The fraction of sp³-hybridized carbons (Fsp3) is 0.400. The van der Waals surface area contributed by atoms with Crippen LogP contribution in [-0.2, 0) is 6.54 Å².